The molecule has 0 unspecified atom stereocenters. The summed E-state index contributed by atoms with van der Waals surface area (Å²) < 4.78 is 28.3. The van der Waals surface area contributed by atoms with Gasteiger partial charge >= 0.3 is 0 Å². The number of hydrogen-bond donors (Lipinski definition) is 0. The van der Waals surface area contributed by atoms with Crippen LogP contribution >= 0.6 is 15.9 Å². The summed E-state index contributed by atoms with van der Waals surface area (Å²) in [6, 6.07) is 3.32. The fraction of sp³-hybridized carbons (Fsp3) is 0.125. The van der Waals surface area contributed by atoms with Gasteiger partial charge in [0.1, 0.15) is 16.4 Å². The molecule has 0 radical (unpaired) electrons. The van der Waals surface area contributed by atoms with E-state index in [1.807, 2.05) is 0 Å². The quantitative estimate of drug-likeness (QED) is 0.788. The second-order valence-corrected chi connectivity index (χ2v) is 5.90. The highest BCUT2D eigenvalue weighted by molar-refractivity contribution is 9.22. The Kier molecular flexibility index (Phi) is 2.11. The minimum Gasteiger partial charge on any atom is -0.461 e. The summed E-state index contributed by atoms with van der Waals surface area (Å²) in [4.78, 5) is 3.77. The lowest BCUT2D eigenvalue weighted by Crippen LogP contribution is -2.05. The topological polar surface area (TPSA) is 59.6 Å². The van der Waals surface area contributed by atoms with Gasteiger partial charge in [0.25, 0.3) is 0 Å². The van der Waals surface area contributed by atoms with Crippen molar-refractivity contribution >= 4 is 34.6 Å². The monoisotopic (exact) mass is 275 g/mol. The summed E-state index contributed by atoms with van der Waals surface area (Å²) in [6.07, 6.45) is 1.28. The van der Waals surface area contributed by atoms with Crippen LogP contribution < -0.4 is 0 Å². The average Bonchev–Trinajstić information content (AvgIpc) is 2.60. The van der Waals surface area contributed by atoms with Gasteiger partial charge in [0.05, 0.1) is 6.20 Å². The first-order chi connectivity index (χ1) is 6.51. The summed E-state index contributed by atoms with van der Waals surface area (Å²) in [5.41, 5.74) is 0. The van der Waals surface area contributed by atoms with Crippen molar-refractivity contribution in [3.05, 3.63) is 29.9 Å². The van der Waals surface area contributed by atoms with Crippen LogP contribution in [-0.2, 0) is 9.84 Å². The number of aliphatic imine (C=N–C) groups is 1. The number of aryl methyl sites for hydroxylation is 1. The molecule has 0 fully saturated rings. The Balaban J connectivity index is 2.51. The number of furan rings is 1. The number of hydrogen-bond acceptors (Lipinski definition) is 4. The zero-order valence-electron chi connectivity index (χ0n) is 7.19. The molecule has 1 aliphatic heterocycles. The highest BCUT2D eigenvalue weighted by Crippen LogP contribution is 2.30. The molecule has 0 saturated heterocycles. The van der Waals surface area contributed by atoms with Crippen molar-refractivity contribution < 1.29 is 12.8 Å². The van der Waals surface area contributed by atoms with E-state index in [-0.39, 0.29) is 8.86 Å². The van der Waals surface area contributed by atoms with E-state index in [1.54, 1.807) is 19.1 Å². The lowest BCUT2D eigenvalue weighted by molar-refractivity contribution is 0.522. The first-order valence-corrected chi connectivity index (χ1v) is 6.05. The van der Waals surface area contributed by atoms with Gasteiger partial charge in [-0.05, 0) is 35.0 Å². The summed E-state index contributed by atoms with van der Waals surface area (Å²) in [5.74, 6) is 0.986. The Bertz CT molecular complexity index is 539. The Morgan fingerprint density at radius 2 is 2.14 bits per heavy atom. The zero-order valence-corrected chi connectivity index (χ0v) is 9.59. The van der Waals surface area contributed by atoms with Crippen LogP contribution in [0.25, 0.3) is 4.91 Å². The van der Waals surface area contributed by atoms with Crippen LogP contribution in [0.2, 0.25) is 0 Å². The van der Waals surface area contributed by atoms with Crippen LogP contribution in [0.15, 0.2) is 27.7 Å². The van der Waals surface area contributed by atoms with E-state index in [0.717, 1.165) is 0 Å². The minimum atomic E-state index is -3.47. The van der Waals surface area contributed by atoms with Crippen LogP contribution in [0, 0.1) is 6.92 Å². The smallest absolute Gasteiger partial charge is 0.235 e. The van der Waals surface area contributed by atoms with Gasteiger partial charge < -0.3 is 4.42 Å². The Hall–Kier alpha value is -0.880. The van der Waals surface area contributed by atoms with Crippen molar-refractivity contribution in [1.29, 1.82) is 0 Å². The predicted octanol–water partition coefficient (Wildman–Crippen LogP) is 2.07. The highest BCUT2D eigenvalue weighted by atomic mass is 79.9. The highest BCUT2D eigenvalue weighted by Gasteiger charge is 2.30. The number of sulfone groups is 1. The van der Waals surface area contributed by atoms with E-state index >= 15 is 0 Å². The normalized spacial score (nSPS) is 19.3. The molecule has 0 spiro atoms. The molecule has 1 aliphatic rings. The maximum absolute atomic E-state index is 11.6. The molecule has 0 aromatic carbocycles. The van der Waals surface area contributed by atoms with Crippen LogP contribution in [0.5, 0.6) is 0 Å². The number of halogens is 1. The summed E-state index contributed by atoms with van der Waals surface area (Å²) >= 11 is 2.87. The zero-order chi connectivity index (χ0) is 10.3. The molecular weight excluding hydrogens is 270 g/mol. The Morgan fingerprint density at radius 1 is 1.43 bits per heavy atom. The van der Waals surface area contributed by atoms with Gasteiger partial charge in [0.2, 0.25) is 13.8 Å². The van der Waals surface area contributed by atoms with Crippen LogP contribution in [0.4, 0.5) is 0 Å². The molecule has 0 saturated carbocycles. The van der Waals surface area contributed by atoms with E-state index in [0.29, 0.717) is 11.5 Å². The maximum Gasteiger partial charge on any atom is 0.235 e. The first-order valence-electron chi connectivity index (χ1n) is 3.77. The van der Waals surface area contributed by atoms with Gasteiger partial charge in [-0.15, -0.1) is 0 Å². The number of nitrogens with zero attached hydrogens (tertiary/aromatic N) is 1. The molecule has 0 atom stereocenters. The van der Waals surface area contributed by atoms with Crippen LogP contribution in [0.1, 0.15) is 11.5 Å². The molecule has 2 rings (SSSR count). The van der Waals surface area contributed by atoms with E-state index in [1.165, 1.54) is 6.20 Å². The molecule has 0 amide bonds. The Morgan fingerprint density at radius 3 is 2.57 bits per heavy atom. The fourth-order valence-electron chi connectivity index (χ4n) is 1.10. The van der Waals surface area contributed by atoms with Crippen molar-refractivity contribution in [2.24, 2.45) is 4.99 Å². The van der Waals surface area contributed by atoms with E-state index in [9.17, 15) is 8.42 Å². The third kappa shape index (κ3) is 1.34. The van der Waals surface area contributed by atoms with Gasteiger partial charge in [-0.25, -0.2) is 13.4 Å². The van der Waals surface area contributed by atoms with E-state index in [2.05, 4.69) is 20.9 Å². The Labute approximate surface area is 89.4 Å². The minimum absolute atomic E-state index is 0.0750. The largest absolute Gasteiger partial charge is 0.461 e. The summed E-state index contributed by atoms with van der Waals surface area (Å²) in [5, 5.41) is 0. The molecule has 0 bridgehead atoms. The van der Waals surface area contributed by atoms with Crippen LogP contribution in [0.3, 0.4) is 0 Å². The van der Waals surface area contributed by atoms with Gasteiger partial charge in [0, 0.05) is 0 Å². The van der Waals surface area contributed by atoms with Crippen molar-refractivity contribution in [1.82, 2.24) is 0 Å². The van der Waals surface area contributed by atoms with Crippen molar-refractivity contribution in [2.75, 3.05) is 0 Å². The first kappa shape index (κ1) is 9.67. The molecule has 4 nitrogen and oxygen atoms in total. The second-order valence-electron chi connectivity index (χ2n) is 2.79. The molecule has 1 aromatic rings. The molecule has 14 heavy (non-hydrogen) atoms. The van der Waals surface area contributed by atoms with Crippen molar-refractivity contribution in [3.63, 3.8) is 0 Å². The van der Waals surface area contributed by atoms with E-state index < -0.39 is 9.84 Å². The molecule has 0 N–H and O–H groups in total. The summed E-state index contributed by atoms with van der Waals surface area (Å²) in [7, 11) is -3.47. The molecular formula is C8H6BrNO3S. The van der Waals surface area contributed by atoms with Gasteiger partial charge in [-0.1, -0.05) is 0 Å². The predicted molar refractivity (Wildman–Crippen MR) is 56.7 cm³/mol. The van der Waals surface area contributed by atoms with Crippen molar-refractivity contribution in [3.8, 4) is 0 Å². The molecule has 0 aliphatic carbocycles. The lowest BCUT2D eigenvalue weighted by atomic mass is 10.4. The number of rotatable bonds is 1. The lowest BCUT2D eigenvalue weighted by Gasteiger charge is -1.96. The fourth-order valence-corrected chi connectivity index (χ4v) is 2.67. The van der Waals surface area contributed by atoms with E-state index in [4.69, 9.17) is 4.42 Å². The summed E-state index contributed by atoms with van der Waals surface area (Å²) in [6.45, 7) is 1.75. The standard InChI is InChI=1S/C8H6BrNO3S/c1-5-2-3-6(13-5)7-4-10-8(9)14(7,11)12/h2-4H,1H3. The SMILES string of the molecule is Cc1ccc(C2=CN=C(Br)S2(=O)=O)o1. The van der Waals surface area contributed by atoms with Gasteiger partial charge in [-0.3, -0.25) is 0 Å². The molecule has 74 valence electrons. The maximum atomic E-state index is 11.6. The third-order valence-corrected chi connectivity index (χ3v) is 4.70. The van der Waals surface area contributed by atoms with Gasteiger partial charge in [-0.2, -0.15) is 0 Å². The third-order valence-electron chi connectivity index (χ3n) is 1.78. The van der Waals surface area contributed by atoms with Crippen molar-refractivity contribution in [2.45, 2.75) is 6.92 Å². The second kappa shape index (κ2) is 3.06. The molecule has 6 heteroatoms. The van der Waals surface area contributed by atoms with Crippen LogP contribution in [-0.4, -0.2) is 12.4 Å². The molecule has 1 aromatic heterocycles. The average molecular weight is 276 g/mol. The molecule has 2 heterocycles. The van der Waals surface area contributed by atoms with Gasteiger partial charge in [0.15, 0.2) is 0 Å².